The minimum atomic E-state index is 0.521. The Labute approximate surface area is 108 Å². The topological polar surface area (TPSA) is 24.5 Å². The molecule has 1 atom stereocenters. The lowest BCUT2D eigenvalue weighted by Gasteiger charge is -2.37. The summed E-state index contributed by atoms with van der Waals surface area (Å²) in [5.41, 5.74) is 2.57. The van der Waals surface area contributed by atoms with Crippen molar-refractivity contribution in [3.8, 4) is 5.75 Å². The second kappa shape index (κ2) is 5.19. The predicted molar refractivity (Wildman–Crippen MR) is 74.6 cm³/mol. The quantitative estimate of drug-likeness (QED) is 0.891. The third-order valence-electron chi connectivity index (χ3n) is 3.27. The van der Waals surface area contributed by atoms with Gasteiger partial charge in [-0.3, -0.25) is 0 Å². The van der Waals surface area contributed by atoms with Crippen molar-refractivity contribution in [2.75, 3.05) is 38.4 Å². The fourth-order valence-corrected chi connectivity index (χ4v) is 3.62. The molecule has 1 aliphatic rings. The molecule has 3 nitrogen and oxygen atoms in total. The molecule has 0 saturated carbocycles. The highest BCUT2D eigenvalue weighted by atomic mass is 32.2. The van der Waals surface area contributed by atoms with Crippen molar-refractivity contribution >= 4 is 17.4 Å². The second-order valence-corrected chi connectivity index (χ2v) is 5.43. The maximum absolute atomic E-state index is 5.49. The van der Waals surface area contributed by atoms with Crippen LogP contribution in [-0.2, 0) is 0 Å². The van der Waals surface area contributed by atoms with Crippen LogP contribution in [0.5, 0.6) is 5.75 Å². The van der Waals surface area contributed by atoms with E-state index in [-0.39, 0.29) is 0 Å². The zero-order valence-corrected chi connectivity index (χ0v) is 11.7. The van der Waals surface area contributed by atoms with Crippen LogP contribution >= 0.6 is 11.8 Å². The third-order valence-corrected chi connectivity index (χ3v) is 4.63. The van der Waals surface area contributed by atoms with Crippen molar-refractivity contribution in [1.82, 2.24) is 5.32 Å². The molecule has 0 radical (unpaired) electrons. The van der Waals surface area contributed by atoms with Gasteiger partial charge < -0.3 is 15.0 Å². The van der Waals surface area contributed by atoms with Gasteiger partial charge >= 0.3 is 0 Å². The monoisotopic (exact) mass is 252 g/mol. The van der Waals surface area contributed by atoms with Gasteiger partial charge in [-0.05, 0) is 25.6 Å². The van der Waals surface area contributed by atoms with Crippen LogP contribution in [0.4, 0.5) is 5.69 Å². The summed E-state index contributed by atoms with van der Waals surface area (Å²) in [5.74, 6) is 2.10. The molecular formula is C13H20N2OS. The summed E-state index contributed by atoms with van der Waals surface area (Å²) in [6, 6.07) is 4.72. The number of anilines is 1. The number of fused-ring (bicyclic) bond motifs is 1. The van der Waals surface area contributed by atoms with Crippen molar-refractivity contribution in [1.29, 1.82) is 0 Å². The van der Waals surface area contributed by atoms with Crippen LogP contribution in [0.3, 0.4) is 0 Å². The fourth-order valence-electron chi connectivity index (χ4n) is 2.24. The first-order valence-electron chi connectivity index (χ1n) is 5.86. The van der Waals surface area contributed by atoms with Crippen molar-refractivity contribution in [3.63, 3.8) is 0 Å². The Morgan fingerprint density at radius 2 is 2.29 bits per heavy atom. The molecule has 17 heavy (non-hydrogen) atoms. The number of rotatable bonds is 3. The van der Waals surface area contributed by atoms with Crippen LogP contribution in [0.2, 0.25) is 0 Å². The summed E-state index contributed by atoms with van der Waals surface area (Å²) >= 11 is 1.93. The maximum Gasteiger partial charge on any atom is 0.143 e. The molecule has 0 bridgehead atoms. The summed E-state index contributed by atoms with van der Waals surface area (Å²) in [4.78, 5) is 3.70. The van der Waals surface area contributed by atoms with Crippen LogP contribution in [0.1, 0.15) is 5.56 Å². The summed E-state index contributed by atoms with van der Waals surface area (Å²) in [7, 11) is 5.90. The number of hydrogen-bond acceptors (Lipinski definition) is 4. The van der Waals surface area contributed by atoms with Gasteiger partial charge in [0.2, 0.25) is 0 Å². The highest BCUT2D eigenvalue weighted by molar-refractivity contribution is 7.99. The second-order valence-electron chi connectivity index (χ2n) is 4.40. The number of nitrogens with zero attached hydrogens (tertiary/aromatic N) is 1. The highest BCUT2D eigenvalue weighted by Gasteiger charge is 2.27. The number of aryl methyl sites for hydroxylation is 1. The van der Waals surface area contributed by atoms with Crippen molar-refractivity contribution in [3.05, 3.63) is 17.7 Å². The molecule has 1 aliphatic heterocycles. The van der Waals surface area contributed by atoms with Crippen molar-refractivity contribution in [2.45, 2.75) is 17.9 Å². The average Bonchev–Trinajstić information content (AvgIpc) is 2.34. The lowest BCUT2D eigenvalue weighted by molar-refractivity contribution is 0.412. The molecule has 0 spiro atoms. The molecule has 0 fully saturated rings. The Kier molecular flexibility index (Phi) is 3.84. The van der Waals surface area contributed by atoms with E-state index >= 15 is 0 Å². The molecule has 94 valence electrons. The van der Waals surface area contributed by atoms with Gasteiger partial charge in [-0.2, -0.15) is 0 Å². The molecule has 4 heteroatoms. The number of thioether (sulfide) groups is 1. The Morgan fingerprint density at radius 1 is 1.53 bits per heavy atom. The molecule has 0 amide bonds. The minimum absolute atomic E-state index is 0.521. The van der Waals surface area contributed by atoms with E-state index in [2.05, 4.69) is 36.3 Å². The van der Waals surface area contributed by atoms with Crippen LogP contribution in [0.25, 0.3) is 0 Å². The van der Waals surface area contributed by atoms with E-state index in [0.717, 1.165) is 18.0 Å². The first kappa shape index (κ1) is 12.6. The van der Waals surface area contributed by atoms with E-state index in [0.29, 0.717) is 6.04 Å². The summed E-state index contributed by atoms with van der Waals surface area (Å²) in [5, 5.41) is 3.25. The van der Waals surface area contributed by atoms with Gasteiger partial charge in [0, 0.05) is 24.2 Å². The zero-order valence-electron chi connectivity index (χ0n) is 10.9. The van der Waals surface area contributed by atoms with Gasteiger partial charge in [-0.15, -0.1) is 11.8 Å². The Hall–Kier alpha value is -0.870. The molecule has 0 aliphatic carbocycles. The Morgan fingerprint density at radius 3 is 2.94 bits per heavy atom. The SMILES string of the molecule is CNCC1CSc2c(C)ccc(OC)c2N1C. The van der Waals surface area contributed by atoms with Gasteiger partial charge in [-0.1, -0.05) is 6.07 Å². The van der Waals surface area contributed by atoms with Gasteiger partial charge in [0.15, 0.2) is 0 Å². The van der Waals surface area contributed by atoms with Gasteiger partial charge in [0.1, 0.15) is 5.75 Å². The van der Waals surface area contributed by atoms with Crippen LogP contribution in [0.15, 0.2) is 17.0 Å². The first-order valence-corrected chi connectivity index (χ1v) is 6.85. The molecule has 1 aromatic carbocycles. The minimum Gasteiger partial charge on any atom is -0.495 e. The van der Waals surface area contributed by atoms with E-state index in [1.54, 1.807) is 7.11 Å². The lowest BCUT2D eigenvalue weighted by Crippen LogP contribution is -2.43. The van der Waals surface area contributed by atoms with E-state index in [9.17, 15) is 0 Å². The average molecular weight is 252 g/mol. The highest BCUT2D eigenvalue weighted by Crippen LogP contribution is 2.44. The third kappa shape index (κ3) is 2.24. The van der Waals surface area contributed by atoms with Crippen LogP contribution in [0, 0.1) is 6.92 Å². The molecule has 0 saturated heterocycles. The number of likely N-dealkylation sites (N-methyl/N-ethyl adjacent to an activating group) is 2. The van der Waals surface area contributed by atoms with Crippen LogP contribution in [-0.4, -0.2) is 39.5 Å². The number of nitrogens with one attached hydrogen (secondary N) is 1. The molecule has 2 rings (SSSR count). The smallest absolute Gasteiger partial charge is 0.143 e. The largest absolute Gasteiger partial charge is 0.495 e. The van der Waals surface area contributed by atoms with Gasteiger partial charge in [0.05, 0.1) is 18.8 Å². The van der Waals surface area contributed by atoms with E-state index < -0.39 is 0 Å². The summed E-state index contributed by atoms with van der Waals surface area (Å²) < 4.78 is 5.49. The number of hydrogen-bond donors (Lipinski definition) is 1. The van der Waals surface area contributed by atoms with E-state index in [4.69, 9.17) is 4.74 Å². The fraction of sp³-hybridized carbons (Fsp3) is 0.538. The first-order chi connectivity index (χ1) is 8.19. The van der Waals surface area contributed by atoms with Gasteiger partial charge in [0.25, 0.3) is 0 Å². The lowest BCUT2D eigenvalue weighted by atomic mass is 10.1. The molecule has 1 N–H and O–H groups in total. The van der Waals surface area contributed by atoms with Crippen LogP contribution < -0.4 is 15.0 Å². The van der Waals surface area contributed by atoms with E-state index in [1.165, 1.54) is 16.1 Å². The Bertz CT molecular complexity index is 409. The molecule has 1 aromatic rings. The maximum atomic E-state index is 5.49. The molecular weight excluding hydrogens is 232 g/mol. The normalized spacial score (nSPS) is 19.1. The number of benzene rings is 1. The molecule has 0 aromatic heterocycles. The molecule has 1 heterocycles. The number of methoxy groups -OCH3 is 1. The predicted octanol–water partition coefficient (Wildman–Crippen LogP) is 2.13. The Balaban J connectivity index is 2.42. The van der Waals surface area contributed by atoms with Crippen molar-refractivity contribution < 1.29 is 4.74 Å². The summed E-state index contributed by atoms with van der Waals surface area (Å²) in [6.07, 6.45) is 0. The van der Waals surface area contributed by atoms with Gasteiger partial charge in [-0.25, -0.2) is 0 Å². The molecule has 1 unspecified atom stereocenters. The number of ether oxygens (including phenoxy) is 1. The van der Waals surface area contributed by atoms with E-state index in [1.807, 2.05) is 18.8 Å². The standard InChI is InChI=1S/C13H20N2OS/c1-9-5-6-11(16-4)12-13(9)17-8-10(7-14-2)15(12)3/h5-6,10,14H,7-8H2,1-4H3. The zero-order chi connectivity index (χ0) is 12.4. The van der Waals surface area contributed by atoms with Crippen molar-refractivity contribution in [2.24, 2.45) is 0 Å². The summed E-state index contributed by atoms with van der Waals surface area (Å²) in [6.45, 7) is 3.16.